The average molecular weight is 349 g/mol. The van der Waals surface area contributed by atoms with E-state index in [1.54, 1.807) is 0 Å². The third-order valence-corrected chi connectivity index (χ3v) is 5.88. The molecule has 0 radical (unpaired) electrons. The monoisotopic (exact) mass is 349 g/mol. The van der Waals surface area contributed by atoms with Crippen LogP contribution in [0.2, 0.25) is 0 Å². The highest BCUT2D eigenvalue weighted by molar-refractivity contribution is 5.98. The van der Waals surface area contributed by atoms with E-state index in [0.717, 1.165) is 0 Å². The number of para-hydroxylation sites is 1. The maximum Gasteiger partial charge on any atom is 0.0509 e. The Balaban J connectivity index is 1.89. The van der Waals surface area contributed by atoms with Gasteiger partial charge in [-0.3, -0.25) is 0 Å². The van der Waals surface area contributed by atoms with E-state index in [2.05, 4.69) is 111 Å². The zero-order valence-corrected chi connectivity index (χ0v) is 16.0. The van der Waals surface area contributed by atoms with Crippen LogP contribution in [-0.2, 0) is 5.41 Å². The van der Waals surface area contributed by atoms with Crippen molar-refractivity contribution in [1.82, 2.24) is 0 Å². The number of fused-ring (bicyclic) bond motifs is 4. The van der Waals surface area contributed by atoms with Crippen molar-refractivity contribution < 1.29 is 0 Å². The lowest BCUT2D eigenvalue weighted by atomic mass is 9.72. The Hall–Kier alpha value is -3.06. The lowest BCUT2D eigenvalue weighted by Crippen LogP contribution is -2.30. The quantitative estimate of drug-likeness (QED) is 0.349. The van der Waals surface area contributed by atoms with Crippen molar-refractivity contribution in [3.05, 3.63) is 102 Å². The minimum atomic E-state index is -0.0615. The van der Waals surface area contributed by atoms with E-state index in [1.165, 1.54) is 44.5 Å². The standard InChI is InChI=1S/C26H23N/c1-18-12-15-20(16-13-18)27-23-11-7-6-10-22(23)26(2,3)25-21-9-5-4-8-19(21)14-17-24(25)27/h4-17H,1-3H3. The van der Waals surface area contributed by atoms with Crippen LogP contribution in [0.15, 0.2) is 84.9 Å². The van der Waals surface area contributed by atoms with Gasteiger partial charge in [-0.2, -0.15) is 0 Å². The molecule has 0 amide bonds. The van der Waals surface area contributed by atoms with E-state index in [1.807, 2.05) is 0 Å². The summed E-state index contributed by atoms with van der Waals surface area (Å²) in [6.07, 6.45) is 0. The largest absolute Gasteiger partial charge is 0.310 e. The van der Waals surface area contributed by atoms with Gasteiger partial charge < -0.3 is 4.90 Å². The summed E-state index contributed by atoms with van der Waals surface area (Å²) in [6.45, 7) is 6.84. The molecule has 0 spiro atoms. The van der Waals surface area contributed by atoms with Gasteiger partial charge in [0.05, 0.1) is 11.4 Å². The van der Waals surface area contributed by atoms with Gasteiger partial charge >= 0.3 is 0 Å². The van der Waals surface area contributed by atoms with Crippen LogP contribution in [0.3, 0.4) is 0 Å². The summed E-state index contributed by atoms with van der Waals surface area (Å²) in [7, 11) is 0. The van der Waals surface area contributed by atoms with Crippen molar-refractivity contribution in [3.8, 4) is 0 Å². The highest BCUT2D eigenvalue weighted by Crippen LogP contribution is 2.53. The number of nitrogens with zero attached hydrogens (tertiary/aromatic N) is 1. The molecule has 0 atom stereocenters. The van der Waals surface area contributed by atoms with Gasteiger partial charge in [0, 0.05) is 11.1 Å². The van der Waals surface area contributed by atoms with Crippen molar-refractivity contribution in [2.75, 3.05) is 4.90 Å². The molecular weight excluding hydrogens is 326 g/mol. The molecule has 0 unspecified atom stereocenters. The predicted octanol–water partition coefficient (Wildman–Crippen LogP) is 7.26. The molecule has 0 fully saturated rings. The molecule has 1 heteroatoms. The van der Waals surface area contributed by atoms with E-state index in [0.29, 0.717) is 0 Å². The van der Waals surface area contributed by atoms with E-state index in [4.69, 9.17) is 0 Å². The summed E-state index contributed by atoms with van der Waals surface area (Å²) >= 11 is 0. The molecule has 1 aliphatic rings. The Morgan fingerprint density at radius 2 is 1.37 bits per heavy atom. The van der Waals surface area contributed by atoms with Gasteiger partial charge in [-0.05, 0) is 53.1 Å². The second-order valence-corrected chi connectivity index (χ2v) is 7.99. The van der Waals surface area contributed by atoms with Gasteiger partial charge in [0.15, 0.2) is 0 Å². The van der Waals surface area contributed by atoms with E-state index < -0.39 is 0 Å². The van der Waals surface area contributed by atoms with Gasteiger partial charge in [0.2, 0.25) is 0 Å². The molecule has 0 saturated heterocycles. The van der Waals surface area contributed by atoms with Gasteiger partial charge in [0.1, 0.15) is 0 Å². The molecule has 0 saturated carbocycles. The Bertz CT molecular complexity index is 1150. The normalized spacial score (nSPS) is 14.7. The van der Waals surface area contributed by atoms with Gasteiger partial charge in [-0.1, -0.05) is 80.1 Å². The van der Waals surface area contributed by atoms with Crippen LogP contribution in [-0.4, -0.2) is 0 Å². The van der Waals surface area contributed by atoms with Crippen LogP contribution in [0.25, 0.3) is 10.8 Å². The summed E-state index contributed by atoms with van der Waals surface area (Å²) in [5.74, 6) is 0. The van der Waals surface area contributed by atoms with E-state index >= 15 is 0 Å². The number of aryl methyl sites for hydroxylation is 1. The van der Waals surface area contributed by atoms with Crippen LogP contribution in [0, 0.1) is 6.92 Å². The average Bonchev–Trinajstić information content (AvgIpc) is 2.69. The molecule has 1 nitrogen and oxygen atoms in total. The third kappa shape index (κ3) is 2.31. The minimum Gasteiger partial charge on any atom is -0.310 e. The van der Waals surface area contributed by atoms with Crippen molar-refractivity contribution in [1.29, 1.82) is 0 Å². The highest BCUT2D eigenvalue weighted by Gasteiger charge is 2.37. The topological polar surface area (TPSA) is 3.24 Å². The molecule has 27 heavy (non-hydrogen) atoms. The number of rotatable bonds is 1. The summed E-state index contributed by atoms with van der Waals surface area (Å²) in [5, 5.41) is 2.64. The molecule has 132 valence electrons. The van der Waals surface area contributed by atoms with Crippen molar-refractivity contribution in [2.45, 2.75) is 26.2 Å². The second kappa shape index (κ2) is 5.72. The van der Waals surface area contributed by atoms with Gasteiger partial charge in [-0.25, -0.2) is 0 Å². The first-order chi connectivity index (χ1) is 13.1. The first-order valence-electron chi connectivity index (χ1n) is 9.56. The molecular formula is C26H23N. The molecule has 1 heterocycles. The number of benzene rings is 4. The summed E-state index contributed by atoms with van der Waals surface area (Å²) < 4.78 is 0. The SMILES string of the molecule is Cc1ccc(N2c3ccccc3C(C)(C)c3c2ccc2ccccc32)cc1. The van der Waals surface area contributed by atoms with Crippen LogP contribution >= 0.6 is 0 Å². The zero-order chi connectivity index (χ0) is 18.6. The number of hydrogen-bond donors (Lipinski definition) is 0. The molecule has 0 N–H and O–H groups in total. The van der Waals surface area contributed by atoms with Crippen LogP contribution in [0.5, 0.6) is 0 Å². The molecule has 0 aromatic heterocycles. The Kier molecular flexibility index (Phi) is 3.42. The molecule has 4 aromatic carbocycles. The summed E-state index contributed by atoms with van der Waals surface area (Å²) in [5.41, 5.74) is 7.75. The maximum atomic E-state index is 2.42. The third-order valence-electron chi connectivity index (χ3n) is 5.88. The zero-order valence-electron chi connectivity index (χ0n) is 16.0. The van der Waals surface area contributed by atoms with Gasteiger partial charge in [0.25, 0.3) is 0 Å². The predicted molar refractivity (Wildman–Crippen MR) is 115 cm³/mol. The lowest BCUT2D eigenvalue weighted by Gasteiger charge is -2.42. The van der Waals surface area contributed by atoms with E-state index in [-0.39, 0.29) is 5.41 Å². The second-order valence-electron chi connectivity index (χ2n) is 7.99. The number of hydrogen-bond acceptors (Lipinski definition) is 1. The lowest BCUT2D eigenvalue weighted by molar-refractivity contribution is 0.638. The Morgan fingerprint density at radius 1 is 0.667 bits per heavy atom. The number of anilines is 3. The first-order valence-corrected chi connectivity index (χ1v) is 9.56. The van der Waals surface area contributed by atoms with Crippen molar-refractivity contribution >= 4 is 27.8 Å². The van der Waals surface area contributed by atoms with E-state index in [9.17, 15) is 0 Å². The Labute approximate surface area is 160 Å². The minimum absolute atomic E-state index is 0.0615. The smallest absolute Gasteiger partial charge is 0.0509 e. The molecule has 0 aliphatic carbocycles. The molecule has 1 aliphatic heterocycles. The molecule has 5 rings (SSSR count). The van der Waals surface area contributed by atoms with Crippen LogP contribution in [0.4, 0.5) is 17.1 Å². The molecule has 0 bridgehead atoms. The first kappa shape index (κ1) is 16.1. The fourth-order valence-electron chi connectivity index (χ4n) is 4.54. The van der Waals surface area contributed by atoms with Crippen molar-refractivity contribution in [3.63, 3.8) is 0 Å². The fourth-order valence-corrected chi connectivity index (χ4v) is 4.54. The van der Waals surface area contributed by atoms with Gasteiger partial charge in [-0.15, -0.1) is 0 Å². The highest BCUT2D eigenvalue weighted by atomic mass is 15.2. The van der Waals surface area contributed by atoms with Crippen LogP contribution < -0.4 is 4.90 Å². The van der Waals surface area contributed by atoms with Crippen molar-refractivity contribution in [2.24, 2.45) is 0 Å². The summed E-state index contributed by atoms with van der Waals surface area (Å²) in [6, 6.07) is 30.9. The molecule has 4 aromatic rings. The summed E-state index contributed by atoms with van der Waals surface area (Å²) in [4.78, 5) is 2.42. The Morgan fingerprint density at radius 3 is 2.19 bits per heavy atom. The fraction of sp³-hybridized carbons (Fsp3) is 0.154. The maximum absolute atomic E-state index is 2.42. The van der Waals surface area contributed by atoms with Crippen LogP contribution in [0.1, 0.15) is 30.5 Å².